The van der Waals surface area contributed by atoms with Crippen molar-refractivity contribution in [3.05, 3.63) is 35.9 Å². The molecular weight excluding hydrogens is 283 g/mol. The lowest BCUT2D eigenvalue weighted by molar-refractivity contribution is -0.186. The van der Waals surface area contributed by atoms with Crippen LogP contribution in [-0.4, -0.2) is 24.8 Å². The normalized spacial score (nSPS) is 13.0. The Morgan fingerprint density at radius 1 is 1.29 bits per heavy atom. The number of carbonyl (C=O) groups excluding carboxylic acids is 1. The van der Waals surface area contributed by atoms with E-state index in [4.69, 9.17) is 0 Å². The molecule has 1 aromatic carbocycles. The van der Waals surface area contributed by atoms with Gasteiger partial charge in [0.2, 0.25) is 0 Å². The lowest BCUT2D eigenvalue weighted by Crippen LogP contribution is -2.32. The van der Waals surface area contributed by atoms with E-state index in [1.54, 1.807) is 0 Å². The van der Waals surface area contributed by atoms with Crippen LogP contribution in [0.3, 0.4) is 0 Å². The molecule has 0 heterocycles. The van der Waals surface area contributed by atoms with Crippen LogP contribution in [0.15, 0.2) is 30.3 Å². The lowest BCUT2D eigenvalue weighted by Gasteiger charge is -2.18. The van der Waals surface area contributed by atoms with Gasteiger partial charge in [-0.3, -0.25) is 4.79 Å². The van der Waals surface area contributed by atoms with Crippen LogP contribution >= 0.6 is 0 Å². The van der Waals surface area contributed by atoms with E-state index in [0.717, 1.165) is 12.0 Å². The largest absolute Gasteiger partial charge is 0.456 e. The molecule has 0 aliphatic rings. The summed E-state index contributed by atoms with van der Waals surface area (Å²) < 4.78 is 40.2. The smallest absolute Gasteiger partial charge is 0.422 e. The van der Waals surface area contributed by atoms with Crippen molar-refractivity contribution in [1.82, 2.24) is 5.32 Å². The summed E-state index contributed by atoms with van der Waals surface area (Å²) in [6.07, 6.45) is -3.00. The van der Waals surface area contributed by atoms with Crippen LogP contribution in [-0.2, 0) is 16.1 Å². The van der Waals surface area contributed by atoms with Crippen LogP contribution in [0.2, 0.25) is 0 Å². The fourth-order valence-electron chi connectivity index (χ4n) is 1.91. The van der Waals surface area contributed by atoms with Gasteiger partial charge < -0.3 is 10.1 Å². The van der Waals surface area contributed by atoms with Gasteiger partial charge in [0.1, 0.15) is 0 Å². The molecule has 0 fully saturated rings. The quantitative estimate of drug-likeness (QED) is 0.748. The zero-order valence-corrected chi connectivity index (χ0v) is 12.0. The van der Waals surface area contributed by atoms with Gasteiger partial charge >= 0.3 is 12.1 Å². The van der Waals surface area contributed by atoms with Crippen molar-refractivity contribution in [2.45, 2.75) is 44.9 Å². The molecule has 0 radical (unpaired) electrons. The second kappa shape index (κ2) is 8.67. The van der Waals surface area contributed by atoms with Crippen molar-refractivity contribution < 1.29 is 22.7 Å². The second-order valence-electron chi connectivity index (χ2n) is 4.83. The first kappa shape index (κ1) is 17.5. The fraction of sp³-hybridized carbons (Fsp3) is 0.533. The van der Waals surface area contributed by atoms with Crippen LogP contribution in [0.5, 0.6) is 0 Å². The van der Waals surface area contributed by atoms with Crippen LogP contribution in [0.25, 0.3) is 0 Å². The molecule has 1 atom stereocenters. The highest BCUT2D eigenvalue weighted by Gasteiger charge is 2.29. The van der Waals surface area contributed by atoms with E-state index < -0.39 is 18.8 Å². The van der Waals surface area contributed by atoms with Crippen molar-refractivity contribution >= 4 is 5.97 Å². The number of nitrogens with one attached hydrogen (secondary N) is 1. The number of hydrogen-bond donors (Lipinski definition) is 1. The van der Waals surface area contributed by atoms with E-state index in [-0.39, 0.29) is 12.5 Å². The van der Waals surface area contributed by atoms with Crippen molar-refractivity contribution in [2.75, 3.05) is 6.61 Å². The first-order chi connectivity index (χ1) is 9.90. The summed E-state index contributed by atoms with van der Waals surface area (Å²) in [4.78, 5) is 11.4. The van der Waals surface area contributed by atoms with Crippen LogP contribution < -0.4 is 5.32 Å². The minimum atomic E-state index is -4.48. The van der Waals surface area contributed by atoms with Gasteiger partial charge in [-0.25, -0.2) is 0 Å². The number of rotatable bonds is 8. The van der Waals surface area contributed by atoms with Gasteiger partial charge in [0.25, 0.3) is 0 Å². The summed E-state index contributed by atoms with van der Waals surface area (Å²) >= 11 is 0. The topological polar surface area (TPSA) is 38.3 Å². The standard InChI is InChI=1S/C15H20F3NO2/c1-2-6-13(9-14(20)21-11-15(16,17)18)19-10-12-7-4-3-5-8-12/h3-5,7-8,13,19H,2,6,9-11H2,1H3. The third kappa shape index (κ3) is 8.34. The van der Waals surface area contributed by atoms with Gasteiger partial charge in [-0.05, 0) is 12.0 Å². The van der Waals surface area contributed by atoms with Gasteiger partial charge in [-0.15, -0.1) is 0 Å². The molecular formula is C15H20F3NO2. The zero-order valence-electron chi connectivity index (χ0n) is 12.0. The maximum atomic E-state index is 12.0. The highest BCUT2D eigenvalue weighted by atomic mass is 19.4. The van der Waals surface area contributed by atoms with E-state index >= 15 is 0 Å². The van der Waals surface area contributed by atoms with Crippen molar-refractivity contribution in [3.8, 4) is 0 Å². The number of halogens is 3. The van der Waals surface area contributed by atoms with E-state index in [2.05, 4.69) is 10.1 Å². The number of esters is 1. The number of alkyl halides is 3. The molecule has 0 aromatic heterocycles. The maximum Gasteiger partial charge on any atom is 0.422 e. The second-order valence-corrected chi connectivity index (χ2v) is 4.83. The molecule has 21 heavy (non-hydrogen) atoms. The Hall–Kier alpha value is -1.56. The average Bonchev–Trinajstić information content (AvgIpc) is 2.43. The van der Waals surface area contributed by atoms with Crippen LogP contribution in [0.4, 0.5) is 13.2 Å². The van der Waals surface area contributed by atoms with Crippen molar-refractivity contribution in [2.24, 2.45) is 0 Å². The Balaban J connectivity index is 2.40. The van der Waals surface area contributed by atoms with Gasteiger partial charge in [0.15, 0.2) is 6.61 Å². The number of ether oxygens (including phenoxy) is 1. The maximum absolute atomic E-state index is 12.0. The third-order valence-corrected chi connectivity index (χ3v) is 2.88. The molecule has 1 rings (SSSR count). The molecule has 0 saturated heterocycles. The van der Waals surface area contributed by atoms with Gasteiger partial charge in [0.05, 0.1) is 6.42 Å². The average molecular weight is 303 g/mol. The summed E-state index contributed by atoms with van der Waals surface area (Å²) in [5, 5.41) is 3.18. The molecule has 1 N–H and O–H groups in total. The Morgan fingerprint density at radius 3 is 2.52 bits per heavy atom. The SMILES string of the molecule is CCCC(CC(=O)OCC(F)(F)F)NCc1ccccc1. The highest BCUT2D eigenvalue weighted by Crippen LogP contribution is 2.15. The van der Waals surface area contributed by atoms with Gasteiger partial charge in [0, 0.05) is 12.6 Å². The third-order valence-electron chi connectivity index (χ3n) is 2.88. The molecule has 0 spiro atoms. The predicted molar refractivity (Wildman–Crippen MR) is 73.6 cm³/mol. The lowest BCUT2D eigenvalue weighted by atomic mass is 10.1. The molecule has 0 bridgehead atoms. The predicted octanol–water partition coefficient (Wildman–Crippen LogP) is 3.44. The summed E-state index contributed by atoms with van der Waals surface area (Å²) in [5.41, 5.74) is 1.06. The Kier molecular flexibility index (Phi) is 7.22. The van der Waals surface area contributed by atoms with Gasteiger partial charge in [-0.2, -0.15) is 13.2 Å². The first-order valence-corrected chi connectivity index (χ1v) is 6.90. The molecule has 6 heteroatoms. The summed E-state index contributed by atoms with van der Waals surface area (Å²) in [7, 11) is 0. The summed E-state index contributed by atoms with van der Waals surface area (Å²) in [5.74, 6) is -0.827. The van der Waals surface area contributed by atoms with Crippen molar-refractivity contribution in [3.63, 3.8) is 0 Å². The molecule has 0 aliphatic carbocycles. The van der Waals surface area contributed by atoms with E-state index in [0.29, 0.717) is 13.0 Å². The van der Waals surface area contributed by atoms with Gasteiger partial charge in [-0.1, -0.05) is 43.7 Å². The van der Waals surface area contributed by atoms with E-state index in [9.17, 15) is 18.0 Å². The molecule has 0 saturated carbocycles. The Morgan fingerprint density at radius 2 is 1.95 bits per heavy atom. The first-order valence-electron chi connectivity index (χ1n) is 6.90. The monoisotopic (exact) mass is 303 g/mol. The number of hydrogen-bond acceptors (Lipinski definition) is 3. The summed E-state index contributed by atoms with van der Waals surface area (Å²) in [6.45, 7) is 1.000. The van der Waals surface area contributed by atoms with Crippen LogP contribution in [0.1, 0.15) is 31.7 Å². The number of carbonyl (C=O) groups is 1. The molecule has 118 valence electrons. The van der Waals surface area contributed by atoms with Crippen LogP contribution in [0, 0.1) is 0 Å². The van der Waals surface area contributed by atoms with E-state index in [1.807, 2.05) is 37.3 Å². The minimum absolute atomic E-state index is 0.0588. The molecule has 1 unspecified atom stereocenters. The molecule has 3 nitrogen and oxygen atoms in total. The van der Waals surface area contributed by atoms with Crippen molar-refractivity contribution in [1.29, 1.82) is 0 Å². The molecule has 0 aliphatic heterocycles. The highest BCUT2D eigenvalue weighted by molar-refractivity contribution is 5.70. The molecule has 0 amide bonds. The zero-order chi connectivity index (χ0) is 15.7. The fourth-order valence-corrected chi connectivity index (χ4v) is 1.91. The minimum Gasteiger partial charge on any atom is -0.456 e. The Labute approximate surface area is 122 Å². The number of benzene rings is 1. The Bertz CT molecular complexity index is 421. The molecule has 1 aromatic rings. The summed E-state index contributed by atoms with van der Waals surface area (Å²) in [6, 6.07) is 9.42. The van der Waals surface area contributed by atoms with E-state index in [1.165, 1.54) is 0 Å².